The highest BCUT2D eigenvalue weighted by Gasteiger charge is 2.11. The summed E-state index contributed by atoms with van der Waals surface area (Å²) >= 11 is 5.01. The fourth-order valence-electron chi connectivity index (χ4n) is 1.64. The van der Waals surface area contributed by atoms with Crippen molar-refractivity contribution in [3.05, 3.63) is 47.3 Å². The maximum Gasteiger partial charge on any atom is 0.269 e. The van der Waals surface area contributed by atoms with Gasteiger partial charge in [-0.05, 0) is 25.1 Å². The van der Waals surface area contributed by atoms with E-state index in [4.69, 9.17) is 23.7 Å². The molecule has 0 radical (unpaired) electrons. The van der Waals surface area contributed by atoms with Crippen molar-refractivity contribution < 1.29 is 4.79 Å². The van der Waals surface area contributed by atoms with Gasteiger partial charge in [-0.3, -0.25) is 4.79 Å². The van der Waals surface area contributed by atoms with Crippen molar-refractivity contribution in [2.45, 2.75) is 6.92 Å². The van der Waals surface area contributed by atoms with E-state index in [-0.39, 0.29) is 10.7 Å². The molecule has 92 valence electrons. The molecule has 5 nitrogen and oxygen atoms in total. The van der Waals surface area contributed by atoms with Gasteiger partial charge in [-0.25, -0.2) is 4.68 Å². The Morgan fingerprint density at radius 2 is 2.06 bits per heavy atom. The van der Waals surface area contributed by atoms with E-state index >= 15 is 0 Å². The van der Waals surface area contributed by atoms with Crippen LogP contribution in [-0.2, 0) is 0 Å². The smallest absolute Gasteiger partial charge is 0.269 e. The molecule has 0 aliphatic carbocycles. The molecular weight excluding hydrogens is 248 g/mol. The molecule has 0 bridgehead atoms. The van der Waals surface area contributed by atoms with E-state index in [1.165, 1.54) is 4.68 Å². The number of nitrogens with zero attached hydrogens (tertiary/aromatic N) is 2. The van der Waals surface area contributed by atoms with Crippen LogP contribution in [0.3, 0.4) is 0 Å². The molecule has 18 heavy (non-hydrogen) atoms. The van der Waals surface area contributed by atoms with Crippen molar-refractivity contribution >= 4 is 23.1 Å². The molecule has 1 amide bonds. The van der Waals surface area contributed by atoms with Crippen molar-refractivity contribution in [2.75, 3.05) is 0 Å². The third-order valence-corrected chi connectivity index (χ3v) is 2.73. The molecule has 2 rings (SSSR count). The Morgan fingerprint density at radius 3 is 2.61 bits per heavy atom. The minimum absolute atomic E-state index is 0.199. The van der Waals surface area contributed by atoms with Gasteiger partial charge in [0.2, 0.25) is 0 Å². The maximum atomic E-state index is 11.0. The van der Waals surface area contributed by atoms with E-state index in [0.717, 1.165) is 11.3 Å². The molecule has 0 saturated heterocycles. The van der Waals surface area contributed by atoms with Crippen molar-refractivity contribution in [2.24, 2.45) is 11.5 Å². The Morgan fingerprint density at radius 1 is 1.33 bits per heavy atom. The minimum Gasteiger partial charge on any atom is -0.389 e. The predicted molar refractivity (Wildman–Crippen MR) is 72.7 cm³/mol. The number of aromatic nitrogens is 2. The van der Waals surface area contributed by atoms with Crippen LogP contribution < -0.4 is 11.5 Å². The van der Waals surface area contributed by atoms with Gasteiger partial charge in [0, 0.05) is 11.8 Å². The number of amides is 1. The van der Waals surface area contributed by atoms with Crippen LogP contribution in [0.15, 0.2) is 30.5 Å². The summed E-state index contributed by atoms with van der Waals surface area (Å²) in [6.45, 7) is 1.95. The first-order valence-electron chi connectivity index (χ1n) is 5.25. The lowest BCUT2D eigenvalue weighted by Gasteiger charge is -2.09. The summed E-state index contributed by atoms with van der Waals surface area (Å²) in [5.41, 5.74) is 13.5. The van der Waals surface area contributed by atoms with Crippen molar-refractivity contribution in [3.8, 4) is 5.69 Å². The van der Waals surface area contributed by atoms with E-state index in [2.05, 4.69) is 5.10 Å². The molecular formula is C12H12N4OS. The number of benzene rings is 1. The van der Waals surface area contributed by atoms with Gasteiger partial charge < -0.3 is 11.5 Å². The van der Waals surface area contributed by atoms with E-state index < -0.39 is 5.91 Å². The van der Waals surface area contributed by atoms with Crippen molar-refractivity contribution in [1.29, 1.82) is 0 Å². The van der Waals surface area contributed by atoms with E-state index in [9.17, 15) is 4.79 Å². The first-order valence-corrected chi connectivity index (χ1v) is 5.66. The topological polar surface area (TPSA) is 86.9 Å². The normalized spacial score (nSPS) is 10.3. The summed E-state index contributed by atoms with van der Waals surface area (Å²) in [6.07, 6.45) is 1.65. The first-order chi connectivity index (χ1) is 8.49. The zero-order chi connectivity index (χ0) is 13.3. The van der Waals surface area contributed by atoms with Gasteiger partial charge in [0.05, 0.1) is 5.69 Å². The second-order valence-electron chi connectivity index (χ2n) is 3.89. The molecule has 0 aliphatic heterocycles. The Kier molecular flexibility index (Phi) is 3.12. The second-order valence-corrected chi connectivity index (χ2v) is 4.33. The Bertz CT molecular complexity index is 633. The molecule has 0 atom stereocenters. The van der Waals surface area contributed by atoms with Crippen LogP contribution >= 0.6 is 12.2 Å². The molecule has 1 aromatic carbocycles. The molecule has 0 spiro atoms. The average Bonchev–Trinajstić information content (AvgIpc) is 2.78. The SMILES string of the molecule is Cc1ccc(-n2ccc(C(N)=O)n2)c(C(N)=S)c1. The number of carbonyl (C=O) groups excluding carboxylic acids is 1. The monoisotopic (exact) mass is 260 g/mol. The molecule has 0 fully saturated rings. The van der Waals surface area contributed by atoms with Gasteiger partial charge in [-0.15, -0.1) is 0 Å². The van der Waals surface area contributed by atoms with Crippen LogP contribution in [0.2, 0.25) is 0 Å². The molecule has 1 aromatic heterocycles. The molecule has 0 aliphatic rings. The fraction of sp³-hybridized carbons (Fsp3) is 0.0833. The lowest BCUT2D eigenvalue weighted by molar-refractivity contribution is 0.0995. The second kappa shape index (κ2) is 4.58. The molecule has 0 unspecified atom stereocenters. The highest BCUT2D eigenvalue weighted by atomic mass is 32.1. The molecule has 4 N–H and O–H groups in total. The summed E-state index contributed by atoms with van der Waals surface area (Å²) in [4.78, 5) is 11.3. The number of thiocarbonyl (C=S) groups is 1. The number of nitrogens with two attached hydrogens (primary N) is 2. The van der Waals surface area contributed by atoms with Crippen LogP contribution in [-0.4, -0.2) is 20.7 Å². The average molecular weight is 260 g/mol. The van der Waals surface area contributed by atoms with Gasteiger partial charge in [0.15, 0.2) is 0 Å². The van der Waals surface area contributed by atoms with Gasteiger partial charge in [-0.2, -0.15) is 5.10 Å². The van der Waals surface area contributed by atoms with Gasteiger partial charge >= 0.3 is 0 Å². The summed E-state index contributed by atoms with van der Waals surface area (Å²) < 4.78 is 1.54. The summed E-state index contributed by atoms with van der Waals surface area (Å²) in [5, 5.41) is 4.08. The fourth-order valence-corrected chi connectivity index (χ4v) is 1.80. The van der Waals surface area contributed by atoms with Crippen LogP contribution in [0.5, 0.6) is 0 Å². The zero-order valence-corrected chi connectivity index (χ0v) is 10.6. The largest absolute Gasteiger partial charge is 0.389 e. The van der Waals surface area contributed by atoms with Crippen LogP contribution in [0.25, 0.3) is 5.69 Å². The lowest BCUT2D eigenvalue weighted by atomic mass is 10.1. The zero-order valence-electron chi connectivity index (χ0n) is 9.75. The maximum absolute atomic E-state index is 11.0. The van der Waals surface area contributed by atoms with Gasteiger partial charge in [0.1, 0.15) is 10.7 Å². The summed E-state index contributed by atoms with van der Waals surface area (Å²) in [6, 6.07) is 7.19. The van der Waals surface area contributed by atoms with Crippen LogP contribution in [0.1, 0.15) is 21.6 Å². The van der Waals surface area contributed by atoms with Crippen molar-refractivity contribution in [3.63, 3.8) is 0 Å². The number of hydrogen-bond donors (Lipinski definition) is 2. The van der Waals surface area contributed by atoms with Gasteiger partial charge in [0.25, 0.3) is 5.91 Å². The van der Waals surface area contributed by atoms with Crippen molar-refractivity contribution in [1.82, 2.24) is 9.78 Å². The number of aryl methyl sites for hydroxylation is 1. The quantitative estimate of drug-likeness (QED) is 0.803. The van der Waals surface area contributed by atoms with Crippen LogP contribution in [0.4, 0.5) is 0 Å². The molecule has 1 heterocycles. The third-order valence-electron chi connectivity index (χ3n) is 2.51. The molecule has 2 aromatic rings. The van der Waals surface area contributed by atoms with E-state index in [1.54, 1.807) is 12.3 Å². The predicted octanol–water partition coefficient (Wildman–Crippen LogP) is 0.914. The Labute approximate surface area is 109 Å². The highest BCUT2D eigenvalue weighted by Crippen LogP contribution is 2.16. The van der Waals surface area contributed by atoms with Crippen LogP contribution in [0, 0.1) is 6.92 Å². The van der Waals surface area contributed by atoms with E-state index in [0.29, 0.717) is 5.56 Å². The number of primary amides is 1. The highest BCUT2D eigenvalue weighted by molar-refractivity contribution is 7.80. The minimum atomic E-state index is -0.572. The summed E-state index contributed by atoms with van der Waals surface area (Å²) in [7, 11) is 0. The Hall–Kier alpha value is -2.21. The number of rotatable bonds is 3. The number of hydrogen-bond acceptors (Lipinski definition) is 3. The van der Waals surface area contributed by atoms with E-state index in [1.807, 2.05) is 25.1 Å². The standard InChI is InChI=1S/C12H12N4OS/c1-7-2-3-10(8(6-7)12(14)18)16-5-4-9(15-16)11(13)17/h2-6H,1H3,(H2,13,17)(H2,14,18). The molecule has 6 heteroatoms. The van der Waals surface area contributed by atoms with Gasteiger partial charge in [-0.1, -0.05) is 23.8 Å². The molecule has 0 saturated carbocycles. The first kappa shape index (κ1) is 12.3. The number of carbonyl (C=O) groups is 1. The third kappa shape index (κ3) is 2.23. The Balaban J connectivity index is 2.55. The summed E-state index contributed by atoms with van der Waals surface area (Å²) in [5.74, 6) is -0.572. The lowest BCUT2D eigenvalue weighted by Crippen LogP contribution is -2.15.